The Labute approximate surface area is 209 Å². The third-order valence-electron chi connectivity index (χ3n) is 7.16. The minimum absolute atomic E-state index is 0.114. The highest BCUT2D eigenvalue weighted by Crippen LogP contribution is 2.44. The van der Waals surface area contributed by atoms with Crippen LogP contribution >= 0.6 is 23.1 Å². The molecule has 178 valence electrons. The predicted molar refractivity (Wildman–Crippen MR) is 141 cm³/mol. The molecule has 7 heteroatoms. The van der Waals surface area contributed by atoms with Gasteiger partial charge in [0.2, 0.25) is 0 Å². The summed E-state index contributed by atoms with van der Waals surface area (Å²) in [4.78, 5) is 32.8. The summed E-state index contributed by atoms with van der Waals surface area (Å²) in [5.41, 5.74) is 4.20. The number of likely N-dealkylation sites (tertiary alicyclic amines) is 1. The minimum Gasteiger partial charge on any atom is -0.337 e. The molecule has 2 atom stereocenters. The number of likely N-dealkylation sites (N-methyl/N-ethyl adjacent to an activating group) is 1. The van der Waals surface area contributed by atoms with Gasteiger partial charge in [-0.15, -0.1) is 11.8 Å². The minimum atomic E-state index is -0.159. The second kappa shape index (κ2) is 9.72. The molecule has 0 saturated carbocycles. The first-order valence-electron chi connectivity index (χ1n) is 12.1. The molecule has 0 spiro atoms. The summed E-state index contributed by atoms with van der Waals surface area (Å²) in [6.07, 6.45) is 1.60. The molecule has 1 saturated heterocycles. The van der Waals surface area contributed by atoms with Crippen molar-refractivity contribution in [2.75, 3.05) is 26.2 Å². The average Bonchev–Trinajstić information content (AvgIpc) is 3.50. The molecule has 5 rings (SSSR count). The molecule has 34 heavy (non-hydrogen) atoms. The lowest BCUT2D eigenvalue weighted by Crippen LogP contribution is -2.40. The first kappa shape index (κ1) is 23.4. The Bertz CT molecular complexity index is 1250. The van der Waals surface area contributed by atoms with Crippen molar-refractivity contribution < 1.29 is 4.79 Å². The summed E-state index contributed by atoms with van der Waals surface area (Å²) in [5.74, 6) is -0.114. The smallest absolute Gasteiger partial charge is 0.259 e. The van der Waals surface area contributed by atoms with Crippen LogP contribution in [0.15, 0.2) is 56.8 Å². The van der Waals surface area contributed by atoms with Gasteiger partial charge >= 0.3 is 0 Å². The zero-order valence-electron chi connectivity index (χ0n) is 20.0. The van der Waals surface area contributed by atoms with E-state index in [-0.39, 0.29) is 16.6 Å². The van der Waals surface area contributed by atoms with E-state index in [0.29, 0.717) is 31.1 Å². The monoisotopic (exact) mass is 493 g/mol. The highest BCUT2D eigenvalue weighted by molar-refractivity contribution is 7.99. The van der Waals surface area contributed by atoms with Crippen LogP contribution in [0.2, 0.25) is 0 Å². The molecule has 2 aliphatic heterocycles. The summed E-state index contributed by atoms with van der Waals surface area (Å²) >= 11 is 3.51. The molecule has 0 radical (unpaired) electrons. The van der Waals surface area contributed by atoms with Gasteiger partial charge in [0.05, 0.1) is 5.69 Å². The number of rotatable bonds is 5. The van der Waals surface area contributed by atoms with Crippen molar-refractivity contribution in [3.8, 4) is 5.69 Å². The summed E-state index contributed by atoms with van der Waals surface area (Å²) in [7, 11) is 0. The van der Waals surface area contributed by atoms with E-state index >= 15 is 0 Å². The Hall–Kier alpha value is -2.35. The number of benzene rings is 1. The van der Waals surface area contributed by atoms with Crippen LogP contribution in [0.4, 0.5) is 0 Å². The van der Waals surface area contributed by atoms with E-state index in [2.05, 4.69) is 58.3 Å². The number of hydrogen-bond donors (Lipinski definition) is 0. The van der Waals surface area contributed by atoms with Gasteiger partial charge in [-0.3, -0.25) is 14.5 Å². The van der Waals surface area contributed by atoms with E-state index in [1.54, 1.807) is 17.4 Å². The number of thioether (sulfide) groups is 1. The van der Waals surface area contributed by atoms with Crippen molar-refractivity contribution in [2.45, 2.75) is 49.8 Å². The van der Waals surface area contributed by atoms with Gasteiger partial charge in [0, 0.05) is 53.2 Å². The molecule has 2 aliphatic rings. The van der Waals surface area contributed by atoms with E-state index in [1.807, 2.05) is 29.7 Å². The van der Waals surface area contributed by atoms with Gasteiger partial charge in [-0.1, -0.05) is 26.0 Å². The first-order valence-corrected chi connectivity index (χ1v) is 13.9. The number of hydrogen-bond acceptors (Lipinski definition) is 5. The molecule has 5 nitrogen and oxygen atoms in total. The summed E-state index contributed by atoms with van der Waals surface area (Å²) in [5, 5.41) is 4.43. The van der Waals surface area contributed by atoms with Crippen LogP contribution in [-0.4, -0.2) is 52.5 Å². The van der Waals surface area contributed by atoms with Gasteiger partial charge in [-0.25, -0.2) is 0 Å². The first-order chi connectivity index (χ1) is 16.5. The van der Waals surface area contributed by atoms with Crippen LogP contribution < -0.4 is 5.43 Å². The number of para-hydroxylation sites is 1. The normalized spacial score (nSPS) is 19.7. The van der Waals surface area contributed by atoms with Crippen LogP contribution in [-0.2, 0) is 6.42 Å². The molecule has 0 bridgehead atoms. The Balaban J connectivity index is 1.61. The maximum atomic E-state index is 13.9. The van der Waals surface area contributed by atoms with Crippen LogP contribution in [0.3, 0.4) is 0 Å². The maximum absolute atomic E-state index is 13.9. The van der Waals surface area contributed by atoms with Crippen molar-refractivity contribution in [3.05, 3.63) is 79.9 Å². The second-order valence-corrected chi connectivity index (χ2v) is 11.1. The van der Waals surface area contributed by atoms with Gasteiger partial charge in [-0.2, -0.15) is 11.3 Å². The number of aryl methyl sites for hydroxylation is 1. The van der Waals surface area contributed by atoms with Crippen LogP contribution in [0.25, 0.3) is 5.69 Å². The van der Waals surface area contributed by atoms with Gasteiger partial charge in [-0.05, 0) is 61.0 Å². The molecule has 1 aromatic carbocycles. The molecular weight excluding hydrogens is 462 g/mol. The Morgan fingerprint density at radius 2 is 1.97 bits per heavy atom. The Kier molecular flexibility index (Phi) is 6.69. The third-order valence-corrected chi connectivity index (χ3v) is 9.18. The second-order valence-electron chi connectivity index (χ2n) is 9.06. The molecule has 2 aromatic heterocycles. The maximum Gasteiger partial charge on any atom is 0.259 e. The molecular formula is C27H31N3O2S2. The molecule has 1 fully saturated rings. The highest BCUT2D eigenvalue weighted by Gasteiger charge is 2.34. The Morgan fingerprint density at radius 3 is 2.71 bits per heavy atom. The lowest BCUT2D eigenvalue weighted by atomic mass is 10.0. The zero-order valence-corrected chi connectivity index (χ0v) is 21.6. The predicted octanol–water partition coefficient (Wildman–Crippen LogP) is 5.15. The van der Waals surface area contributed by atoms with Crippen LogP contribution in [0.1, 0.15) is 52.8 Å². The van der Waals surface area contributed by atoms with E-state index in [9.17, 15) is 9.59 Å². The van der Waals surface area contributed by atoms with Crippen LogP contribution in [0.5, 0.6) is 0 Å². The number of carbonyl (C=O) groups is 1. The standard InChI is InChI=1S/C27H31N3O2S2/c1-4-28(5-2)20-10-12-29(16-20)27(32)26-22-15-25(19-11-13-33-17-19)34-24-9-7-6-8-21(24)30(22)18(3)14-23(26)31/h6-9,11,13-14,17,20,25H,4-5,10,12,15-16H2,1-3H3/t20-,25+/m1/s1. The van der Waals surface area contributed by atoms with Crippen molar-refractivity contribution >= 4 is 29.0 Å². The summed E-state index contributed by atoms with van der Waals surface area (Å²) in [6.45, 7) is 9.64. The van der Waals surface area contributed by atoms with Gasteiger partial charge < -0.3 is 9.47 Å². The number of carbonyl (C=O) groups excluding carboxylic acids is 1. The van der Waals surface area contributed by atoms with Crippen molar-refractivity contribution in [1.29, 1.82) is 0 Å². The van der Waals surface area contributed by atoms with Gasteiger partial charge in [0.15, 0.2) is 5.43 Å². The SMILES string of the molecule is CCN(CC)[C@@H]1CCN(C(=O)c2c3n(c(C)cc2=O)-c2ccccc2S[C@H](c2ccsc2)C3)C1. The van der Waals surface area contributed by atoms with E-state index in [4.69, 9.17) is 0 Å². The number of amides is 1. The molecule has 4 heterocycles. The number of fused-ring (bicyclic) bond motifs is 3. The van der Waals surface area contributed by atoms with Crippen LogP contribution in [0, 0.1) is 6.92 Å². The molecule has 0 N–H and O–H groups in total. The third kappa shape index (κ3) is 4.14. The fourth-order valence-corrected chi connectivity index (χ4v) is 7.50. The lowest BCUT2D eigenvalue weighted by Gasteiger charge is -2.26. The quantitative estimate of drug-likeness (QED) is 0.493. The zero-order chi connectivity index (χ0) is 23.8. The van der Waals surface area contributed by atoms with Crippen molar-refractivity contribution in [1.82, 2.24) is 14.4 Å². The highest BCUT2D eigenvalue weighted by atomic mass is 32.2. The van der Waals surface area contributed by atoms with Crippen molar-refractivity contribution in [3.63, 3.8) is 0 Å². The topological polar surface area (TPSA) is 45.5 Å². The van der Waals surface area contributed by atoms with Gasteiger partial charge in [0.25, 0.3) is 5.91 Å². The van der Waals surface area contributed by atoms with E-state index in [1.165, 1.54) is 10.5 Å². The summed E-state index contributed by atoms with van der Waals surface area (Å²) in [6, 6.07) is 12.5. The number of nitrogens with zero attached hydrogens (tertiary/aromatic N) is 3. The molecule has 0 aliphatic carbocycles. The average molecular weight is 494 g/mol. The Morgan fingerprint density at radius 1 is 1.18 bits per heavy atom. The van der Waals surface area contributed by atoms with Gasteiger partial charge in [0.1, 0.15) is 5.56 Å². The largest absolute Gasteiger partial charge is 0.337 e. The number of pyridine rings is 1. The van der Waals surface area contributed by atoms with E-state index < -0.39 is 0 Å². The summed E-state index contributed by atoms with van der Waals surface area (Å²) < 4.78 is 2.15. The number of thiophene rings is 1. The lowest BCUT2D eigenvalue weighted by molar-refractivity contribution is 0.0774. The van der Waals surface area contributed by atoms with Crippen molar-refractivity contribution in [2.24, 2.45) is 0 Å². The molecule has 0 unspecified atom stereocenters. The fraction of sp³-hybridized carbons (Fsp3) is 0.407. The van der Waals surface area contributed by atoms with E-state index in [0.717, 1.165) is 36.6 Å². The fourth-order valence-electron chi connectivity index (χ4n) is 5.43. The molecule has 3 aromatic rings. The number of aromatic nitrogens is 1. The molecule has 1 amide bonds.